The van der Waals surface area contributed by atoms with Gasteiger partial charge in [-0.25, -0.2) is 0 Å². The smallest absolute Gasteiger partial charge is 0.152 e. The average Bonchev–Trinajstić information content (AvgIpc) is 3.15. The van der Waals surface area contributed by atoms with E-state index in [0.29, 0.717) is 19.0 Å². The number of nitrogens with one attached hydrogen (secondary N) is 1. The second-order valence-corrected chi connectivity index (χ2v) is 4.92. The van der Waals surface area contributed by atoms with Crippen molar-refractivity contribution in [3.63, 3.8) is 0 Å². The first-order valence-corrected chi connectivity index (χ1v) is 6.36. The van der Waals surface area contributed by atoms with E-state index in [1.165, 1.54) is 12.8 Å². The molecule has 1 fully saturated rings. The first kappa shape index (κ1) is 13.0. The Balaban J connectivity index is 2.01. The summed E-state index contributed by atoms with van der Waals surface area (Å²) in [7, 11) is 1.65. The van der Waals surface area contributed by atoms with Crippen molar-refractivity contribution in [1.29, 1.82) is 0 Å². The summed E-state index contributed by atoms with van der Waals surface area (Å²) in [5, 5.41) is 3.23. The lowest BCUT2D eigenvalue weighted by atomic mass is 10.1. The molecule has 1 N–H and O–H groups in total. The SMILES string of the molecule is COc1c(C)cnc(CC(=O)CNC2CC2)c1C. The molecule has 1 aromatic rings. The maximum atomic E-state index is 11.8. The molecule has 1 aliphatic rings. The Labute approximate surface area is 108 Å². The van der Waals surface area contributed by atoms with E-state index in [4.69, 9.17) is 4.74 Å². The summed E-state index contributed by atoms with van der Waals surface area (Å²) in [5.74, 6) is 1.02. The Morgan fingerprint density at radius 3 is 2.83 bits per heavy atom. The van der Waals surface area contributed by atoms with Gasteiger partial charge in [-0.15, -0.1) is 0 Å². The van der Waals surface area contributed by atoms with E-state index in [-0.39, 0.29) is 5.78 Å². The van der Waals surface area contributed by atoms with Crippen LogP contribution >= 0.6 is 0 Å². The van der Waals surface area contributed by atoms with Gasteiger partial charge in [0.15, 0.2) is 5.78 Å². The van der Waals surface area contributed by atoms with Crippen LogP contribution in [-0.2, 0) is 11.2 Å². The Kier molecular flexibility index (Phi) is 3.97. The van der Waals surface area contributed by atoms with Gasteiger partial charge in [0.25, 0.3) is 0 Å². The summed E-state index contributed by atoms with van der Waals surface area (Å²) in [6.07, 6.45) is 4.54. The van der Waals surface area contributed by atoms with Crippen molar-refractivity contribution in [1.82, 2.24) is 10.3 Å². The number of aryl methyl sites for hydroxylation is 1. The van der Waals surface area contributed by atoms with Crippen molar-refractivity contribution in [3.8, 4) is 5.75 Å². The number of carbonyl (C=O) groups is 1. The molecule has 0 aromatic carbocycles. The van der Waals surface area contributed by atoms with E-state index in [0.717, 1.165) is 22.6 Å². The number of ketones is 1. The van der Waals surface area contributed by atoms with Crippen LogP contribution in [0.15, 0.2) is 6.20 Å². The first-order valence-electron chi connectivity index (χ1n) is 6.36. The molecule has 0 radical (unpaired) electrons. The lowest BCUT2D eigenvalue weighted by molar-refractivity contribution is -0.117. The van der Waals surface area contributed by atoms with Gasteiger partial charge >= 0.3 is 0 Å². The minimum atomic E-state index is 0.184. The molecular formula is C14H20N2O2. The number of hydrogen-bond acceptors (Lipinski definition) is 4. The van der Waals surface area contributed by atoms with Crippen LogP contribution < -0.4 is 10.1 Å². The second-order valence-electron chi connectivity index (χ2n) is 4.92. The molecule has 1 heterocycles. The molecule has 0 saturated heterocycles. The van der Waals surface area contributed by atoms with Crippen LogP contribution in [0.2, 0.25) is 0 Å². The number of methoxy groups -OCH3 is 1. The standard InChI is InChI=1S/C14H20N2O2/c1-9-7-16-13(10(2)14(9)18-3)6-12(17)8-15-11-4-5-11/h7,11,15H,4-6,8H2,1-3H3. The molecule has 0 atom stereocenters. The fourth-order valence-electron chi connectivity index (χ4n) is 2.04. The highest BCUT2D eigenvalue weighted by Gasteiger charge is 2.21. The molecule has 4 nitrogen and oxygen atoms in total. The fraction of sp³-hybridized carbons (Fsp3) is 0.571. The lowest BCUT2D eigenvalue weighted by Gasteiger charge is -2.11. The molecule has 0 spiro atoms. The zero-order valence-electron chi connectivity index (χ0n) is 11.2. The zero-order valence-corrected chi connectivity index (χ0v) is 11.2. The van der Waals surface area contributed by atoms with Gasteiger partial charge in [0.05, 0.1) is 25.8 Å². The summed E-state index contributed by atoms with van der Waals surface area (Å²) in [6.45, 7) is 4.36. The third-order valence-corrected chi connectivity index (χ3v) is 3.28. The number of carbonyl (C=O) groups excluding carboxylic acids is 1. The molecule has 0 unspecified atom stereocenters. The Bertz CT molecular complexity index is 453. The molecule has 0 amide bonds. The second kappa shape index (κ2) is 5.48. The largest absolute Gasteiger partial charge is 0.496 e. The van der Waals surface area contributed by atoms with E-state index < -0.39 is 0 Å². The van der Waals surface area contributed by atoms with E-state index >= 15 is 0 Å². The van der Waals surface area contributed by atoms with Gasteiger partial charge < -0.3 is 10.1 Å². The highest BCUT2D eigenvalue weighted by atomic mass is 16.5. The first-order chi connectivity index (χ1) is 8.61. The number of rotatable bonds is 6. The highest BCUT2D eigenvalue weighted by Crippen LogP contribution is 2.24. The number of ether oxygens (including phenoxy) is 1. The topological polar surface area (TPSA) is 51.2 Å². The molecule has 1 aliphatic carbocycles. The van der Waals surface area contributed by atoms with Crippen LogP contribution in [0, 0.1) is 13.8 Å². The van der Waals surface area contributed by atoms with Crippen LogP contribution in [0.4, 0.5) is 0 Å². The number of nitrogens with zero attached hydrogens (tertiary/aromatic N) is 1. The van der Waals surface area contributed by atoms with Gasteiger partial charge in [-0.05, 0) is 26.7 Å². The van der Waals surface area contributed by atoms with Gasteiger partial charge in [-0.3, -0.25) is 9.78 Å². The van der Waals surface area contributed by atoms with E-state index in [2.05, 4.69) is 10.3 Å². The quantitative estimate of drug-likeness (QED) is 0.830. The average molecular weight is 248 g/mol. The third kappa shape index (κ3) is 3.07. The summed E-state index contributed by atoms with van der Waals surface area (Å²) >= 11 is 0. The normalized spacial score (nSPS) is 14.6. The molecule has 4 heteroatoms. The molecule has 18 heavy (non-hydrogen) atoms. The van der Waals surface area contributed by atoms with Gasteiger partial charge in [0.1, 0.15) is 5.75 Å². The van der Waals surface area contributed by atoms with E-state index in [9.17, 15) is 4.79 Å². The highest BCUT2D eigenvalue weighted by molar-refractivity contribution is 5.82. The van der Waals surface area contributed by atoms with Crippen molar-refractivity contribution in [2.75, 3.05) is 13.7 Å². The maximum Gasteiger partial charge on any atom is 0.152 e. The molecular weight excluding hydrogens is 228 g/mol. The van der Waals surface area contributed by atoms with Crippen molar-refractivity contribution < 1.29 is 9.53 Å². The number of pyridine rings is 1. The fourth-order valence-corrected chi connectivity index (χ4v) is 2.04. The van der Waals surface area contributed by atoms with Crippen molar-refractivity contribution in [3.05, 3.63) is 23.0 Å². The minimum absolute atomic E-state index is 0.184. The molecule has 0 bridgehead atoms. The van der Waals surface area contributed by atoms with Crippen LogP contribution in [-0.4, -0.2) is 30.5 Å². The van der Waals surface area contributed by atoms with Gasteiger partial charge in [-0.2, -0.15) is 0 Å². The van der Waals surface area contributed by atoms with Crippen LogP contribution in [0.5, 0.6) is 5.75 Å². The Morgan fingerprint density at radius 1 is 1.50 bits per heavy atom. The Hall–Kier alpha value is -1.42. The predicted octanol–water partition coefficient (Wildman–Crippen LogP) is 1.57. The van der Waals surface area contributed by atoms with Crippen molar-refractivity contribution in [2.45, 2.75) is 39.2 Å². The maximum absolute atomic E-state index is 11.8. The Morgan fingerprint density at radius 2 is 2.22 bits per heavy atom. The van der Waals surface area contributed by atoms with Gasteiger partial charge in [0, 0.05) is 23.4 Å². The molecule has 1 saturated carbocycles. The number of Topliss-reactive ketones (excluding diaryl/α,β-unsaturated/α-hetero) is 1. The summed E-state index contributed by atoms with van der Waals surface area (Å²) in [4.78, 5) is 16.2. The van der Waals surface area contributed by atoms with Crippen molar-refractivity contribution >= 4 is 5.78 Å². The van der Waals surface area contributed by atoms with Crippen LogP contribution in [0.3, 0.4) is 0 Å². The number of hydrogen-bond donors (Lipinski definition) is 1. The third-order valence-electron chi connectivity index (χ3n) is 3.28. The van der Waals surface area contributed by atoms with E-state index in [1.54, 1.807) is 13.3 Å². The lowest BCUT2D eigenvalue weighted by Crippen LogP contribution is -2.26. The van der Waals surface area contributed by atoms with Crippen molar-refractivity contribution in [2.24, 2.45) is 0 Å². The molecule has 0 aliphatic heterocycles. The predicted molar refractivity (Wildman–Crippen MR) is 70.0 cm³/mol. The molecule has 98 valence electrons. The summed E-state index contributed by atoms with van der Waals surface area (Å²) < 4.78 is 5.34. The minimum Gasteiger partial charge on any atom is -0.496 e. The van der Waals surface area contributed by atoms with Crippen LogP contribution in [0.1, 0.15) is 29.7 Å². The summed E-state index contributed by atoms with van der Waals surface area (Å²) in [5.41, 5.74) is 2.79. The molecule has 2 rings (SSSR count). The molecule has 1 aromatic heterocycles. The van der Waals surface area contributed by atoms with Gasteiger partial charge in [0.2, 0.25) is 0 Å². The zero-order chi connectivity index (χ0) is 13.1. The monoisotopic (exact) mass is 248 g/mol. The van der Waals surface area contributed by atoms with Crippen LogP contribution in [0.25, 0.3) is 0 Å². The number of aromatic nitrogens is 1. The van der Waals surface area contributed by atoms with Gasteiger partial charge in [-0.1, -0.05) is 0 Å². The summed E-state index contributed by atoms with van der Waals surface area (Å²) in [6, 6.07) is 0.565. The van der Waals surface area contributed by atoms with E-state index in [1.807, 2.05) is 13.8 Å².